The molecule has 0 radical (unpaired) electrons. The van der Waals surface area contributed by atoms with Crippen molar-refractivity contribution >= 4 is 29.5 Å². The fourth-order valence-corrected chi connectivity index (χ4v) is 1.09. The maximum absolute atomic E-state index is 10.4. The van der Waals surface area contributed by atoms with Gasteiger partial charge in [0.25, 0.3) is 5.24 Å². The summed E-state index contributed by atoms with van der Waals surface area (Å²) in [5.41, 5.74) is 0.890. The van der Waals surface area contributed by atoms with Gasteiger partial charge in [0.15, 0.2) is 0 Å². The number of nitrogens with one attached hydrogen (secondary N) is 1. The molecule has 0 saturated heterocycles. The van der Waals surface area contributed by atoms with Crippen molar-refractivity contribution in [2.75, 3.05) is 0 Å². The first-order valence-electron chi connectivity index (χ1n) is 3.40. The maximum Gasteiger partial charge on any atom is 0.276 e. The largest absolute Gasteiger partial charge is 0.343 e. The lowest BCUT2D eigenvalue weighted by Crippen LogP contribution is -2.15. The van der Waals surface area contributed by atoms with Crippen LogP contribution in [0.3, 0.4) is 0 Å². The average molecular weight is 202 g/mol. The molecule has 1 N–H and O–H groups in total. The molecule has 0 aromatic heterocycles. The molecule has 0 aliphatic rings. The van der Waals surface area contributed by atoms with Gasteiger partial charge in [-0.1, -0.05) is 42.4 Å². The Morgan fingerprint density at radius 1 is 1.50 bits per heavy atom. The molecule has 0 heterocycles. The first-order valence-corrected chi connectivity index (χ1v) is 4.23. The van der Waals surface area contributed by atoms with E-state index in [0.717, 1.165) is 5.56 Å². The van der Waals surface area contributed by atoms with Crippen LogP contribution >= 0.6 is 24.2 Å². The van der Waals surface area contributed by atoms with E-state index in [1.807, 2.05) is 18.2 Å². The molecule has 0 unspecified atom stereocenters. The second kappa shape index (κ2) is 4.38. The summed E-state index contributed by atoms with van der Waals surface area (Å²) in [5, 5.41) is 2.84. The summed E-state index contributed by atoms with van der Waals surface area (Å²) in [7, 11) is 0. The third-order valence-electron chi connectivity index (χ3n) is 1.39. The van der Waals surface area contributed by atoms with Crippen LogP contribution in [0, 0.1) is 0 Å². The Hall–Kier alpha value is -0.670. The number of rotatable bonds is 2. The molecule has 1 aromatic carbocycles. The molecule has 1 aromatic rings. The highest BCUT2D eigenvalue weighted by atomic mass is 35.5. The summed E-state index contributed by atoms with van der Waals surface area (Å²) in [6.07, 6.45) is 0. The summed E-state index contributed by atoms with van der Waals surface area (Å²) >= 11 is 9.40. The van der Waals surface area contributed by atoms with Crippen molar-refractivity contribution in [3.63, 3.8) is 0 Å². The molecule has 0 fully saturated rings. The lowest BCUT2D eigenvalue weighted by Gasteiger charge is -2.02. The molecule has 0 aliphatic heterocycles. The van der Waals surface area contributed by atoms with Gasteiger partial charge in [-0.25, -0.2) is 0 Å². The molecule has 12 heavy (non-hydrogen) atoms. The second-order valence-electron chi connectivity index (χ2n) is 2.25. The van der Waals surface area contributed by atoms with Crippen molar-refractivity contribution in [1.29, 1.82) is 0 Å². The number of amides is 1. The van der Waals surface area contributed by atoms with Crippen LogP contribution in [0.25, 0.3) is 0 Å². The molecule has 4 heteroatoms. The fourth-order valence-electron chi connectivity index (χ4n) is 0.813. The fraction of sp³-hybridized carbons (Fsp3) is 0.125. The van der Waals surface area contributed by atoms with Gasteiger partial charge in [-0.2, -0.15) is 0 Å². The molecular weight excluding hydrogens is 194 g/mol. The van der Waals surface area contributed by atoms with E-state index in [9.17, 15) is 4.79 Å². The Bertz CT molecular complexity index is 290. The number of hydrogen-bond donors (Lipinski definition) is 2. The Morgan fingerprint density at radius 3 is 2.75 bits per heavy atom. The van der Waals surface area contributed by atoms with Gasteiger partial charge in [-0.15, -0.1) is 0 Å². The normalized spacial score (nSPS) is 9.50. The van der Waals surface area contributed by atoms with E-state index in [-0.39, 0.29) is 5.24 Å². The lowest BCUT2D eigenvalue weighted by molar-refractivity contribution is 0.260. The van der Waals surface area contributed by atoms with Crippen LogP contribution in [0.1, 0.15) is 5.56 Å². The number of thiol groups is 1. The summed E-state index contributed by atoms with van der Waals surface area (Å²) in [4.78, 5) is 10.4. The van der Waals surface area contributed by atoms with Gasteiger partial charge in [0.2, 0.25) is 0 Å². The number of carbonyl (C=O) groups is 1. The molecule has 64 valence electrons. The highest BCUT2D eigenvalue weighted by Gasteiger charge is 1.98. The summed E-state index contributed by atoms with van der Waals surface area (Å²) in [5.74, 6) is 0. The van der Waals surface area contributed by atoms with Crippen molar-refractivity contribution in [3.8, 4) is 0 Å². The smallest absolute Gasteiger partial charge is 0.276 e. The summed E-state index contributed by atoms with van der Waals surface area (Å²) in [6.45, 7) is 0.419. The molecule has 1 rings (SSSR count). The average Bonchev–Trinajstić information content (AvgIpc) is 2.03. The van der Waals surface area contributed by atoms with E-state index in [1.54, 1.807) is 6.07 Å². The van der Waals surface area contributed by atoms with Gasteiger partial charge in [0, 0.05) is 11.6 Å². The molecule has 0 bridgehead atoms. The highest BCUT2D eigenvalue weighted by molar-refractivity contribution is 7.96. The molecule has 0 atom stereocenters. The first kappa shape index (κ1) is 9.42. The van der Waals surface area contributed by atoms with Gasteiger partial charge in [0.05, 0.1) is 0 Å². The predicted octanol–water partition coefficient (Wildman–Crippen LogP) is 2.48. The van der Waals surface area contributed by atoms with Crippen LogP contribution in [0.4, 0.5) is 4.79 Å². The number of halogens is 1. The lowest BCUT2D eigenvalue weighted by atomic mass is 10.2. The minimum Gasteiger partial charge on any atom is -0.343 e. The summed E-state index contributed by atoms with van der Waals surface area (Å²) < 4.78 is 0. The van der Waals surface area contributed by atoms with Gasteiger partial charge < -0.3 is 5.32 Å². The second-order valence-corrected chi connectivity index (χ2v) is 3.06. The van der Waals surface area contributed by atoms with E-state index in [0.29, 0.717) is 11.6 Å². The number of carbonyl (C=O) groups excluding carboxylic acids is 1. The van der Waals surface area contributed by atoms with Crippen molar-refractivity contribution in [2.45, 2.75) is 6.54 Å². The van der Waals surface area contributed by atoms with Crippen LogP contribution in [0.15, 0.2) is 24.3 Å². The highest BCUT2D eigenvalue weighted by Crippen LogP contribution is 2.14. The molecule has 0 saturated carbocycles. The van der Waals surface area contributed by atoms with Crippen LogP contribution in [0.5, 0.6) is 0 Å². The molecular formula is C8H8ClNOS. The maximum atomic E-state index is 10.4. The Kier molecular flexibility index (Phi) is 3.44. The Morgan fingerprint density at radius 2 is 2.17 bits per heavy atom. The van der Waals surface area contributed by atoms with E-state index in [1.165, 1.54) is 0 Å². The van der Waals surface area contributed by atoms with Crippen molar-refractivity contribution < 1.29 is 4.79 Å². The topological polar surface area (TPSA) is 29.1 Å². The number of hydrogen-bond acceptors (Lipinski definition) is 1. The van der Waals surface area contributed by atoms with Crippen molar-refractivity contribution in [2.24, 2.45) is 0 Å². The Balaban J connectivity index is 2.63. The van der Waals surface area contributed by atoms with Gasteiger partial charge >= 0.3 is 0 Å². The molecule has 0 spiro atoms. The van der Waals surface area contributed by atoms with Crippen LogP contribution in [-0.2, 0) is 6.54 Å². The monoisotopic (exact) mass is 201 g/mol. The number of benzene rings is 1. The summed E-state index contributed by atoms with van der Waals surface area (Å²) in [6, 6.07) is 7.34. The quantitative estimate of drug-likeness (QED) is 0.708. The Labute approximate surface area is 81.3 Å². The first-order chi connectivity index (χ1) is 5.70. The molecule has 1 amide bonds. The van der Waals surface area contributed by atoms with Crippen LogP contribution in [0.2, 0.25) is 5.02 Å². The zero-order valence-electron chi connectivity index (χ0n) is 6.25. The van der Waals surface area contributed by atoms with Crippen molar-refractivity contribution in [3.05, 3.63) is 34.9 Å². The SMILES string of the molecule is O=C(S)NCc1ccccc1Cl. The van der Waals surface area contributed by atoms with E-state index >= 15 is 0 Å². The standard InChI is InChI=1S/C8H8ClNOS/c9-7-4-2-1-3-6(7)5-10-8(11)12/h1-4H,5H2,(H2,10,11,12). The van der Waals surface area contributed by atoms with Gasteiger partial charge in [0.1, 0.15) is 0 Å². The van der Waals surface area contributed by atoms with Gasteiger partial charge in [-0.3, -0.25) is 4.79 Å². The minimum atomic E-state index is -0.352. The third kappa shape index (κ3) is 2.75. The van der Waals surface area contributed by atoms with E-state index < -0.39 is 0 Å². The zero-order chi connectivity index (χ0) is 8.97. The van der Waals surface area contributed by atoms with E-state index in [2.05, 4.69) is 17.9 Å². The minimum absolute atomic E-state index is 0.352. The predicted molar refractivity (Wildman–Crippen MR) is 52.7 cm³/mol. The van der Waals surface area contributed by atoms with Gasteiger partial charge in [-0.05, 0) is 11.6 Å². The third-order valence-corrected chi connectivity index (χ3v) is 1.91. The van der Waals surface area contributed by atoms with Crippen molar-refractivity contribution in [1.82, 2.24) is 5.32 Å². The zero-order valence-corrected chi connectivity index (χ0v) is 7.90. The molecule has 0 aliphatic carbocycles. The van der Waals surface area contributed by atoms with Crippen LogP contribution < -0.4 is 5.32 Å². The molecule has 2 nitrogen and oxygen atoms in total. The van der Waals surface area contributed by atoms with E-state index in [4.69, 9.17) is 11.6 Å². The van der Waals surface area contributed by atoms with Crippen LogP contribution in [-0.4, -0.2) is 5.24 Å².